The highest BCUT2D eigenvalue weighted by molar-refractivity contribution is 5.92. The normalized spacial score (nSPS) is 15.3. The lowest BCUT2D eigenvalue weighted by atomic mass is 10.1. The van der Waals surface area contributed by atoms with Gasteiger partial charge < -0.3 is 14.5 Å². The van der Waals surface area contributed by atoms with E-state index in [1.807, 2.05) is 11.0 Å². The number of nitrogens with zero attached hydrogens (tertiary/aromatic N) is 2. The lowest BCUT2D eigenvalue weighted by Gasteiger charge is -2.32. The van der Waals surface area contributed by atoms with Crippen LogP contribution in [0.2, 0.25) is 0 Å². The van der Waals surface area contributed by atoms with Gasteiger partial charge in [-0.15, -0.1) is 0 Å². The topological polar surface area (TPSA) is 46.9 Å². The maximum Gasteiger partial charge on any atom is 0.272 e. The molecule has 6 heteroatoms. The summed E-state index contributed by atoms with van der Waals surface area (Å²) in [6, 6.07) is 9.94. The van der Waals surface area contributed by atoms with E-state index in [9.17, 15) is 9.18 Å². The number of carbonyl (C=O) groups excluding carboxylic acids is 1. The van der Waals surface area contributed by atoms with Gasteiger partial charge in [0.05, 0.1) is 38.9 Å². The second kappa shape index (κ2) is 7.40. The molecular formula is C18H21FN3O2+. The Morgan fingerprint density at radius 3 is 2.75 bits per heavy atom. The summed E-state index contributed by atoms with van der Waals surface area (Å²) in [5, 5.41) is 0. The number of methoxy groups -OCH3 is 1. The van der Waals surface area contributed by atoms with Crippen LogP contribution in [0.5, 0.6) is 5.75 Å². The Kier molecular flexibility index (Phi) is 5.05. The first-order valence-corrected chi connectivity index (χ1v) is 8.03. The largest absolute Gasteiger partial charge is 0.496 e. The molecule has 3 rings (SSSR count). The number of benzene rings is 1. The van der Waals surface area contributed by atoms with Crippen LogP contribution in [0, 0.1) is 5.82 Å². The Balaban J connectivity index is 1.60. The molecule has 0 spiro atoms. The van der Waals surface area contributed by atoms with E-state index in [1.165, 1.54) is 17.0 Å². The van der Waals surface area contributed by atoms with Crippen LogP contribution >= 0.6 is 0 Å². The third kappa shape index (κ3) is 3.71. The molecule has 1 aromatic carbocycles. The van der Waals surface area contributed by atoms with Crippen molar-refractivity contribution in [2.24, 2.45) is 0 Å². The van der Waals surface area contributed by atoms with Gasteiger partial charge in [0.25, 0.3) is 5.91 Å². The number of aromatic nitrogens is 1. The van der Waals surface area contributed by atoms with Crippen molar-refractivity contribution in [3.63, 3.8) is 0 Å². The second-order valence-corrected chi connectivity index (χ2v) is 5.89. The minimum atomic E-state index is -0.255. The Bertz CT molecular complexity index is 701. The molecule has 1 aliphatic rings. The van der Waals surface area contributed by atoms with Gasteiger partial charge in [-0.3, -0.25) is 9.78 Å². The van der Waals surface area contributed by atoms with Gasteiger partial charge >= 0.3 is 0 Å². The molecule has 1 N–H and O–H groups in total. The van der Waals surface area contributed by atoms with Gasteiger partial charge in [-0.2, -0.15) is 0 Å². The summed E-state index contributed by atoms with van der Waals surface area (Å²) in [7, 11) is 1.59. The van der Waals surface area contributed by atoms with Crippen LogP contribution in [-0.2, 0) is 6.54 Å². The first-order valence-electron chi connectivity index (χ1n) is 8.03. The molecule has 1 aliphatic heterocycles. The molecule has 24 heavy (non-hydrogen) atoms. The van der Waals surface area contributed by atoms with E-state index >= 15 is 0 Å². The van der Waals surface area contributed by atoms with Crippen LogP contribution in [0.3, 0.4) is 0 Å². The minimum absolute atomic E-state index is 0.0296. The molecule has 0 bridgehead atoms. The van der Waals surface area contributed by atoms with Crippen molar-refractivity contribution in [3.8, 4) is 5.75 Å². The van der Waals surface area contributed by atoms with Gasteiger partial charge in [-0.1, -0.05) is 6.07 Å². The SMILES string of the molecule is COc1ccc(F)cc1C[NH+]1CCN(C(=O)c2ccccn2)CC1. The van der Waals surface area contributed by atoms with Gasteiger partial charge in [0.15, 0.2) is 0 Å². The first-order chi connectivity index (χ1) is 11.7. The number of hydrogen-bond donors (Lipinski definition) is 1. The molecular weight excluding hydrogens is 309 g/mol. The molecule has 0 atom stereocenters. The quantitative estimate of drug-likeness (QED) is 0.901. The number of pyridine rings is 1. The summed E-state index contributed by atoms with van der Waals surface area (Å²) in [5.74, 6) is 0.419. The summed E-state index contributed by atoms with van der Waals surface area (Å²) in [6.07, 6.45) is 1.63. The fourth-order valence-corrected chi connectivity index (χ4v) is 3.01. The summed E-state index contributed by atoms with van der Waals surface area (Å²) in [6.45, 7) is 3.66. The number of quaternary nitrogens is 1. The molecule has 1 aromatic heterocycles. The van der Waals surface area contributed by atoms with Gasteiger partial charge in [0.1, 0.15) is 23.8 Å². The molecule has 0 unspecified atom stereocenters. The number of carbonyl (C=O) groups is 1. The summed E-state index contributed by atoms with van der Waals surface area (Å²) < 4.78 is 18.8. The van der Waals surface area contributed by atoms with Crippen molar-refractivity contribution in [1.82, 2.24) is 9.88 Å². The summed E-state index contributed by atoms with van der Waals surface area (Å²) in [4.78, 5) is 19.6. The van der Waals surface area contributed by atoms with Gasteiger partial charge in [-0.05, 0) is 30.3 Å². The molecule has 2 heterocycles. The average molecular weight is 330 g/mol. The van der Waals surface area contributed by atoms with Gasteiger partial charge in [0.2, 0.25) is 0 Å². The van der Waals surface area contributed by atoms with E-state index < -0.39 is 0 Å². The fraction of sp³-hybridized carbons (Fsp3) is 0.333. The van der Waals surface area contributed by atoms with E-state index in [0.29, 0.717) is 31.1 Å². The van der Waals surface area contributed by atoms with Gasteiger partial charge in [0, 0.05) is 6.20 Å². The van der Waals surface area contributed by atoms with Gasteiger partial charge in [-0.25, -0.2) is 4.39 Å². The number of nitrogens with one attached hydrogen (secondary N) is 1. The maximum atomic E-state index is 13.5. The number of halogens is 1. The van der Waals surface area contributed by atoms with E-state index in [1.54, 1.807) is 31.5 Å². The first kappa shape index (κ1) is 16.4. The van der Waals surface area contributed by atoms with Crippen molar-refractivity contribution in [3.05, 3.63) is 59.7 Å². The van der Waals surface area contributed by atoms with E-state index in [4.69, 9.17) is 4.74 Å². The van der Waals surface area contributed by atoms with Crippen LogP contribution in [0.25, 0.3) is 0 Å². The predicted octanol–water partition coefficient (Wildman–Crippen LogP) is 0.770. The summed E-state index contributed by atoms with van der Waals surface area (Å²) >= 11 is 0. The molecule has 126 valence electrons. The Morgan fingerprint density at radius 1 is 1.29 bits per heavy atom. The van der Waals surface area contributed by atoms with Crippen LogP contribution in [-0.4, -0.2) is 49.1 Å². The Hall–Kier alpha value is -2.47. The number of piperazine rings is 1. The number of ether oxygens (including phenoxy) is 1. The van der Waals surface area contributed by atoms with Crippen LogP contribution in [0.4, 0.5) is 4.39 Å². The van der Waals surface area contributed by atoms with E-state index in [2.05, 4.69) is 4.98 Å². The molecule has 2 aromatic rings. The van der Waals surface area contributed by atoms with E-state index in [-0.39, 0.29) is 11.7 Å². The van der Waals surface area contributed by atoms with Crippen molar-refractivity contribution in [1.29, 1.82) is 0 Å². The highest BCUT2D eigenvalue weighted by Crippen LogP contribution is 2.18. The Labute approximate surface area is 140 Å². The van der Waals surface area contributed by atoms with Crippen LogP contribution in [0.15, 0.2) is 42.6 Å². The van der Waals surface area contributed by atoms with Crippen molar-refractivity contribution >= 4 is 5.91 Å². The lowest BCUT2D eigenvalue weighted by molar-refractivity contribution is -0.917. The van der Waals surface area contributed by atoms with Crippen molar-refractivity contribution in [2.75, 3.05) is 33.3 Å². The zero-order chi connectivity index (χ0) is 16.9. The highest BCUT2D eigenvalue weighted by Gasteiger charge is 2.25. The maximum absolute atomic E-state index is 13.5. The van der Waals surface area contributed by atoms with Crippen molar-refractivity contribution < 1.29 is 18.8 Å². The number of amides is 1. The average Bonchev–Trinajstić information content (AvgIpc) is 2.63. The van der Waals surface area contributed by atoms with E-state index in [0.717, 1.165) is 18.7 Å². The zero-order valence-electron chi connectivity index (χ0n) is 13.7. The summed E-state index contributed by atoms with van der Waals surface area (Å²) in [5.41, 5.74) is 1.34. The fourth-order valence-electron chi connectivity index (χ4n) is 3.01. The van der Waals surface area contributed by atoms with Crippen LogP contribution in [0.1, 0.15) is 16.1 Å². The molecule has 0 aliphatic carbocycles. The Morgan fingerprint density at radius 2 is 2.08 bits per heavy atom. The third-order valence-electron chi connectivity index (χ3n) is 4.32. The smallest absolute Gasteiger partial charge is 0.272 e. The van der Waals surface area contributed by atoms with Crippen molar-refractivity contribution in [2.45, 2.75) is 6.54 Å². The minimum Gasteiger partial charge on any atom is -0.496 e. The zero-order valence-corrected chi connectivity index (χ0v) is 13.7. The highest BCUT2D eigenvalue weighted by atomic mass is 19.1. The standard InChI is InChI=1S/C18H20FN3O2/c1-24-17-6-5-15(19)12-14(17)13-21-8-10-22(11-9-21)18(23)16-4-2-3-7-20-16/h2-7,12H,8-11,13H2,1H3/p+1. The monoisotopic (exact) mass is 330 g/mol. The lowest BCUT2D eigenvalue weighted by Crippen LogP contribution is -3.13. The molecule has 1 amide bonds. The molecule has 0 saturated carbocycles. The number of hydrogen-bond acceptors (Lipinski definition) is 3. The third-order valence-corrected chi connectivity index (χ3v) is 4.32. The van der Waals surface area contributed by atoms with Crippen LogP contribution < -0.4 is 9.64 Å². The predicted molar refractivity (Wildman–Crippen MR) is 87.5 cm³/mol. The second-order valence-electron chi connectivity index (χ2n) is 5.89. The molecule has 1 fully saturated rings. The molecule has 5 nitrogen and oxygen atoms in total. The molecule has 1 saturated heterocycles. The molecule has 0 radical (unpaired) electrons. The number of rotatable bonds is 4.